The molecule has 1 atom stereocenters. The second kappa shape index (κ2) is 6.32. The minimum atomic E-state index is -0.217. The van der Waals surface area contributed by atoms with Crippen molar-refractivity contribution in [1.29, 1.82) is 0 Å². The minimum absolute atomic E-state index is 0.167. The lowest BCUT2D eigenvalue weighted by molar-refractivity contribution is 0.600. The van der Waals surface area contributed by atoms with Crippen LogP contribution in [-0.2, 0) is 0 Å². The first-order valence-corrected chi connectivity index (χ1v) is 6.70. The molecule has 2 aromatic rings. The highest BCUT2D eigenvalue weighted by atomic mass is 19.1. The number of nitrogens with one attached hydrogen (secondary N) is 2. The average molecular weight is 274 g/mol. The summed E-state index contributed by atoms with van der Waals surface area (Å²) >= 11 is 0. The molecular formula is C15H19FN4. The molecule has 0 spiro atoms. The molecule has 0 fully saturated rings. The van der Waals surface area contributed by atoms with Crippen LogP contribution < -0.4 is 10.6 Å². The van der Waals surface area contributed by atoms with Crippen molar-refractivity contribution in [2.24, 2.45) is 0 Å². The molecule has 1 aromatic heterocycles. The van der Waals surface area contributed by atoms with Crippen molar-refractivity contribution >= 4 is 11.8 Å². The largest absolute Gasteiger partial charge is 0.363 e. The Morgan fingerprint density at radius 3 is 2.70 bits per heavy atom. The summed E-state index contributed by atoms with van der Waals surface area (Å²) in [5, 5.41) is 6.28. The van der Waals surface area contributed by atoms with Gasteiger partial charge in [-0.05, 0) is 26.8 Å². The summed E-state index contributed by atoms with van der Waals surface area (Å²) in [6.45, 7) is 6.55. The van der Waals surface area contributed by atoms with Crippen LogP contribution in [0.2, 0.25) is 0 Å². The Kier molecular flexibility index (Phi) is 4.50. The van der Waals surface area contributed by atoms with E-state index in [1.54, 1.807) is 12.1 Å². The maximum atomic E-state index is 13.7. The molecule has 0 saturated heterocycles. The molecule has 0 aliphatic heterocycles. The van der Waals surface area contributed by atoms with Gasteiger partial charge in [-0.1, -0.05) is 18.2 Å². The molecule has 1 unspecified atom stereocenters. The lowest BCUT2D eigenvalue weighted by atomic mass is 10.1. The van der Waals surface area contributed by atoms with Crippen molar-refractivity contribution in [2.45, 2.75) is 26.8 Å². The number of hydrogen-bond donors (Lipinski definition) is 2. The van der Waals surface area contributed by atoms with Crippen molar-refractivity contribution in [2.75, 3.05) is 17.2 Å². The molecule has 0 aliphatic rings. The standard InChI is InChI=1S/C15H19FN4/c1-4-17-15-18-10(2)9-14(20-15)19-11(3)12-7-5-6-8-13(12)16/h5-9,11H,4H2,1-3H3,(H2,17,18,19,20). The van der Waals surface area contributed by atoms with Crippen molar-refractivity contribution in [3.63, 3.8) is 0 Å². The van der Waals surface area contributed by atoms with Gasteiger partial charge in [-0.3, -0.25) is 0 Å². The topological polar surface area (TPSA) is 49.8 Å². The Bertz CT molecular complexity index is 586. The summed E-state index contributed by atoms with van der Waals surface area (Å²) in [7, 11) is 0. The number of aromatic nitrogens is 2. The molecule has 2 rings (SSSR count). The van der Waals surface area contributed by atoms with Gasteiger partial charge in [0.25, 0.3) is 0 Å². The molecule has 106 valence electrons. The first kappa shape index (κ1) is 14.2. The van der Waals surface area contributed by atoms with Gasteiger partial charge in [0.2, 0.25) is 5.95 Å². The Hall–Kier alpha value is -2.17. The fraction of sp³-hybridized carbons (Fsp3) is 0.333. The Morgan fingerprint density at radius 1 is 1.25 bits per heavy atom. The van der Waals surface area contributed by atoms with Crippen LogP contribution in [0.1, 0.15) is 31.1 Å². The second-order valence-electron chi connectivity index (χ2n) is 4.64. The molecule has 0 saturated carbocycles. The fourth-order valence-corrected chi connectivity index (χ4v) is 2.01. The van der Waals surface area contributed by atoms with Crippen molar-refractivity contribution in [3.8, 4) is 0 Å². The molecule has 4 nitrogen and oxygen atoms in total. The van der Waals surface area contributed by atoms with Gasteiger partial charge in [0.1, 0.15) is 11.6 Å². The van der Waals surface area contributed by atoms with Gasteiger partial charge in [-0.25, -0.2) is 9.37 Å². The molecule has 1 aromatic carbocycles. The summed E-state index contributed by atoms with van der Waals surface area (Å²) in [6, 6.07) is 8.42. The first-order valence-electron chi connectivity index (χ1n) is 6.70. The van der Waals surface area contributed by atoms with Gasteiger partial charge >= 0.3 is 0 Å². The SMILES string of the molecule is CCNc1nc(C)cc(NC(C)c2ccccc2F)n1. The number of hydrogen-bond acceptors (Lipinski definition) is 4. The van der Waals surface area contributed by atoms with E-state index in [4.69, 9.17) is 0 Å². The molecule has 0 radical (unpaired) electrons. The highest BCUT2D eigenvalue weighted by Crippen LogP contribution is 2.21. The van der Waals surface area contributed by atoms with Crippen molar-refractivity contribution in [3.05, 3.63) is 47.4 Å². The predicted molar refractivity (Wildman–Crippen MR) is 79.4 cm³/mol. The summed E-state index contributed by atoms with van der Waals surface area (Å²) in [5.74, 6) is 1.05. The van der Waals surface area contributed by atoms with Crippen LogP contribution in [0.25, 0.3) is 0 Å². The molecular weight excluding hydrogens is 255 g/mol. The normalized spacial score (nSPS) is 12.0. The maximum Gasteiger partial charge on any atom is 0.224 e. The van der Waals surface area contributed by atoms with E-state index < -0.39 is 0 Å². The minimum Gasteiger partial charge on any atom is -0.363 e. The predicted octanol–water partition coefficient (Wildman–Crippen LogP) is 3.53. The van der Waals surface area contributed by atoms with Gasteiger partial charge in [0.05, 0.1) is 6.04 Å². The molecule has 0 aliphatic carbocycles. The second-order valence-corrected chi connectivity index (χ2v) is 4.64. The van der Waals surface area contributed by atoms with Crippen molar-refractivity contribution < 1.29 is 4.39 Å². The Morgan fingerprint density at radius 2 is 2.00 bits per heavy atom. The quantitative estimate of drug-likeness (QED) is 0.875. The lowest BCUT2D eigenvalue weighted by Gasteiger charge is -2.16. The van der Waals surface area contributed by atoms with Crippen LogP contribution in [0.3, 0.4) is 0 Å². The third-order valence-corrected chi connectivity index (χ3v) is 2.93. The highest BCUT2D eigenvalue weighted by Gasteiger charge is 2.11. The number of aryl methyl sites for hydroxylation is 1. The summed E-state index contributed by atoms with van der Waals surface area (Å²) < 4.78 is 13.7. The van der Waals surface area contributed by atoms with E-state index >= 15 is 0 Å². The number of benzene rings is 1. The first-order chi connectivity index (χ1) is 9.60. The monoisotopic (exact) mass is 274 g/mol. The summed E-state index contributed by atoms with van der Waals surface area (Å²) in [6.07, 6.45) is 0. The number of rotatable bonds is 5. The summed E-state index contributed by atoms with van der Waals surface area (Å²) in [4.78, 5) is 8.65. The van der Waals surface area contributed by atoms with Crippen LogP contribution in [-0.4, -0.2) is 16.5 Å². The van der Waals surface area contributed by atoms with E-state index in [0.717, 1.165) is 12.2 Å². The molecule has 5 heteroatoms. The van der Waals surface area contributed by atoms with E-state index in [9.17, 15) is 4.39 Å². The molecule has 0 bridgehead atoms. The van der Waals surface area contributed by atoms with E-state index in [-0.39, 0.29) is 11.9 Å². The molecule has 0 amide bonds. The van der Waals surface area contributed by atoms with Gasteiger partial charge in [-0.15, -0.1) is 0 Å². The number of nitrogens with zero attached hydrogens (tertiary/aromatic N) is 2. The van der Waals surface area contributed by atoms with Gasteiger partial charge in [0, 0.05) is 23.9 Å². The van der Waals surface area contributed by atoms with E-state index in [0.29, 0.717) is 17.3 Å². The van der Waals surface area contributed by atoms with Gasteiger partial charge in [-0.2, -0.15) is 4.98 Å². The zero-order valence-electron chi connectivity index (χ0n) is 11.9. The zero-order chi connectivity index (χ0) is 14.5. The van der Waals surface area contributed by atoms with Gasteiger partial charge in [0.15, 0.2) is 0 Å². The van der Waals surface area contributed by atoms with Gasteiger partial charge < -0.3 is 10.6 Å². The van der Waals surface area contributed by atoms with E-state index in [2.05, 4.69) is 20.6 Å². The van der Waals surface area contributed by atoms with Crippen LogP contribution in [0.4, 0.5) is 16.2 Å². The highest BCUT2D eigenvalue weighted by molar-refractivity contribution is 5.44. The third kappa shape index (κ3) is 3.44. The molecule has 20 heavy (non-hydrogen) atoms. The fourth-order valence-electron chi connectivity index (χ4n) is 2.01. The average Bonchev–Trinajstić information content (AvgIpc) is 2.38. The number of anilines is 2. The summed E-state index contributed by atoms with van der Waals surface area (Å²) in [5.41, 5.74) is 1.48. The Labute approximate surface area is 118 Å². The molecule has 1 heterocycles. The maximum absolute atomic E-state index is 13.7. The van der Waals surface area contributed by atoms with Crippen LogP contribution in [0.15, 0.2) is 30.3 Å². The number of halogens is 1. The van der Waals surface area contributed by atoms with Crippen LogP contribution in [0, 0.1) is 12.7 Å². The molecule has 2 N–H and O–H groups in total. The Balaban J connectivity index is 2.19. The van der Waals surface area contributed by atoms with Crippen LogP contribution in [0.5, 0.6) is 0 Å². The van der Waals surface area contributed by atoms with E-state index in [1.807, 2.05) is 32.9 Å². The van der Waals surface area contributed by atoms with Crippen molar-refractivity contribution in [1.82, 2.24) is 9.97 Å². The third-order valence-electron chi connectivity index (χ3n) is 2.93. The smallest absolute Gasteiger partial charge is 0.224 e. The van der Waals surface area contributed by atoms with Crippen LogP contribution >= 0.6 is 0 Å². The zero-order valence-corrected chi connectivity index (χ0v) is 11.9. The lowest BCUT2D eigenvalue weighted by Crippen LogP contribution is -2.12. The van der Waals surface area contributed by atoms with E-state index in [1.165, 1.54) is 6.07 Å².